The second-order valence-electron chi connectivity index (χ2n) is 16.1. The zero-order chi connectivity index (χ0) is 35.7. The first-order chi connectivity index (χ1) is 24.7. The van der Waals surface area contributed by atoms with Crippen LogP contribution in [0.4, 0.5) is 0 Å². The SMILES string of the molecule is CCCCCCCCCCCCCCCCCCc1ccc(-c2ccc(C)cc2)c(CCCCCCCCCCCCCCCCCC)c1O. The summed E-state index contributed by atoms with van der Waals surface area (Å²) in [4.78, 5) is 0. The molecule has 0 unspecified atom stereocenters. The summed E-state index contributed by atoms with van der Waals surface area (Å²) in [6.07, 6.45) is 46.6. The Morgan fingerprint density at radius 2 is 0.680 bits per heavy atom. The van der Waals surface area contributed by atoms with Crippen molar-refractivity contribution in [3.8, 4) is 16.9 Å². The topological polar surface area (TPSA) is 20.2 Å². The molecule has 1 N–H and O–H groups in total. The molecule has 0 radical (unpaired) electrons. The van der Waals surface area contributed by atoms with Crippen molar-refractivity contribution >= 4 is 0 Å². The normalized spacial score (nSPS) is 11.5. The van der Waals surface area contributed by atoms with E-state index in [1.54, 1.807) is 0 Å². The van der Waals surface area contributed by atoms with Gasteiger partial charge in [-0.15, -0.1) is 0 Å². The highest BCUT2D eigenvalue weighted by Gasteiger charge is 2.14. The van der Waals surface area contributed by atoms with Gasteiger partial charge in [-0.2, -0.15) is 0 Å². The summed E-state index contributed by atoms with van der Waals surface area (Å²) in [6, 6.07) is 13.4. The van der Waals surface area contributed by atoms with E-state index in [1.807, 2.05) is 0 Å². The van der Waals surface area contributed by atoms with E-state index in [0.717, 1.165) is 18.4 Å². The van der Waals surface area contributed by atoms with Crippen LogP contribution in [0.2, 0.25) is 0 Å². The predicted molar refractivity (Wildman–Crippen MR) is 225 cm³/mol. The zero-order valence-corrected chi connectivity index (χ0v) is 34.0. The highest BCUT2D eigenvalue weighted by molar-refractivity contribution is 5.71. The molecule has 0 amide bonds. The molecule has 50 heavy (non-hydrogen) atoms. The second-order valence-corrected chi connectivity index (χ2v) is 16.1. The van der Waals surface area contributed by atoms with Crippen LogP contribution in [0, 0.1) is 6.92 Å². The molecule has 0 bridgehead atoms. The van der Waals surface area contributed by atoms with Gasteiger partial charge in [-0.25, -0.2) is 0 Å². The number of benzene rings is 2. The minimum absolute atomic E-state index is 0.588. The fourth-order valence-corrected chi connectivity index (χ4v) is 7.86. The van der Waals surface area contributed by atoms with Gasteiger partial charge in [-0.1, -0.05) is 248 Å². The number of unbranched alkanes of at least 4 members (excludes halogenated alkanes) is 30. The third-order valence-corrected chi connectivity index (χ3v) is 11.3. The summed E-state index contributed by atoms with van der Waals surface area (Å²) in [5.74, 6) is 0.588. The Labute approximate surface area is 313 Å². The van der Waals surface area contributed by atoms with Crippen LogP contribution >= 0.6 is 0 Å². The predicted octanol–water partition coefficient (Wildman–Crippen LogP) is 17.0. The molecule has 0 fully saturated rings. The Morgan fingerprint density at radius 1 is 0.360 bits per heavy atom. The van der Waals surface area contributed by atoms with E-state index in [-0.39, 0.29) is 0 Å². The number of phenolic OH excluding ortho intramolecular Hbond substituents is 1. The molecule has 0 heterocycles. The van der Waals surface area contributed by atoms with E-state index in [0.29, 0.717) is 5.75 Å². The maximum Gasteiger partial charge on any atom is 0.122 e. The minimum Gasteiger partial charge on any atom is -0.507 e. The molecular formula is C49H84O. The van der Waals surface area contributed by atoms with Gasteiger partial charge in [-0.05, 0) is 49.3 Å². The standard InChI is InChI=1S/C49H84O/c1-4-6-8-10-12-14-16-18-20-22-24-26-28-30-32-34-36-46-42-43-47(45-40-38-44(3)39-41-45)48(49(46)50)37-35-33-31-29-27-25-23-21-19-17-15-13-11-9-7-5-2/h38-43,50H,4-37H2,1-3H3. The summed E-state index contributed by atoms with van der Waals surface area (Å²) in [5.41, 5.74) is 6.12. The van der Waals surface area contributed by atoms with Crippen LogP contribution < -0.4 is 0 Å². The lowest BCUT2D eigenvalue weighted by Gasteiger charge is -2.16. The van der Waals surface area contributed by atoms with Crippen molar-refractivity contribution in [1.82, 2.24) is 0 Å². The van der Waals surface area contributed by atoms with E-state index in [2.05, 4.69) is 57.2 Å². The molecule has 0 aliphatic carbocycles. The highest BCUT2D eigenvalue weighted by Crippen LogP contribution is 2.35. The van der Waals surface area contributed by atoms with Crippen LogP contribution in [0.1, 0.15) is 236 Å². The maximum absolute atomic E-state index is 11.5. The van der Waals surface area contributed by atoms with E-state index >= 15 is 0 Å². The van der Waals surface area contributed by atoms with Crippen LogP contribution in [-0.4, -0.2) is 5.11 Å². The van der Waals surface area contributed by atoms with Gasteiger partial charge in [0.1, 0.15) is 5.75 Å². The molecule has 2 aromatic carbocycles. The van der Waals surface area contributed by atoms with E-state index < -0.39 is 0 Å². The number of phenols is 1. The Morgan fingerprint density at radius 3 is 1.04 bits per heavy atom. The van der Waals surface area contributed by atoms with Crippen molar-refractivity contribution in [1.29, 1.82) is 0 Å². The van der Waals surface area contributed by atoms with Gasteiger partial charge < -0.3 is 5.11 Å². The van der Waals surface area contributed by atoms with Crippen molar-refractivity contribution in [3.05, 3.63) is 53.1 Å². The molecule has 0 aliphatic rings. The van der Waals surface area contributed by atoms with Gasteiger partial charge in [-0.3, -0.25) is 0 Å². The summed E-state index contributed by atoms with van der Waals surface area (Å²) >= 11 is 0. The highest BCUT2D eigenvalue weighted by atomic mass is 16.3. The molecule has 0 saturated heterocycles. The van der Waals surface area contributed by atoms with Gasteiger partial charge in [0.05, 0.1) is 0 Å². The van der Waals surface area contributed by atoms with E-state index in [1.165, 1.54) is 228 Å². The Hall–Kier alpha value is -1.76. The second kappa shape index (κ2) is 31.9. The molecule has 0 atom stereocenters. The largest absolute Gasteiger partial charge is 0.507 e. The molecule has 2 rings (SSSR count). The van der Waals surface area contributed by atoms with E-state index in [4.69, 9.17) is 0 Å². The lowest BCUT2D eigenvalue weighted by molar-refractivity contribution is 0.457. The number of hydrogen-bond acceptors (Lipinski definition) is 1. The first-order valence-corrected chi connectivity index (χ1v) is 22.6. The summed E-state index contributed by atoms with van der Waals surface area (Å²) in [5, 5.41) is 11.5. The Balaban J connectivity index is 1.62. The Kier molecular flexibility index (Phi) is 28.4. The van der Waals surface area contributed by atoms with Crippen LogP contribution in [0.5, 0.6) is 5.75 Å². The maximum atomic E-state index is 11.5. The third-order valence-electron chi connectivity index (χ3n) is 11.3. The average molecular weight is 689 g/mol. The van der Waals surface area contributed by atoms with Crippen molar-refractivity contribution in [2.45, 2.75) is 239 Å². The van der Waals surface area contributed by atoms with Gasteiger partial charge in [0.2, 0.25) is 0 Å². The van der Waals surface area contributed by atoms with Crippen LogP contribution in [0.3, 0.4) is 0 Å². The molecule has 0 aromatic heterocycles. The molecule has 286 valence electrons. The summed E-state index contributed by atoms with van der Waals surface area (Å²) < 4.78 is 0. The van der Waals surface area contributed by atoms with Gasteiger partial charge in [0.25, 0.3) is 0 Å². The fourth-order valence-electron chi connectivity index (χ4n) is 7.86. The van der Waals surface area contributed by atoms with Crippen molar-refractivity contribution < 1.29 is 5.11 Å². The zero-order valence-electron chi connectivity index (χ0n) is 34.0. The summed E-state index contributed by atoms with van der Waals surface area (Å²) in [7, 11) is 0. The van der Waals surface area contributed by atoms with Crippen LogP contribution in [0.15, 0.2) is 36.4 Å². The smallest absolute Gasteiger partial charge is 0.122 e. The molecule has 1 nitrogen and oxygen atoms in total. The first-order valence-electron chi connectivity index (χ1n) is 22.6. The monoisotopic (exact) mass is 689 g/mol. The lowest BCUT2D eigenvalue weighted by Crippen LogP contribution is -1.97. The van der Waals surface area contributed by atoms with Gasteiger partial charge in [0.15, 0.2) is 0 Å². The molecule has 0 spiro atoms. The van der Waals surface area contributed by atoms with Crippen molar-refractivity contribution in [2.24, 2.45) is 0 Å². The Bertz CT molecular complexity index is 1020. The van der Waals surface area contributed by atoms with Crippen molar-refractivity contribution in [3.63, 3.8) is 0 Å². The molecule has 0 saturated carbocycles. The summed E-state index contributed by atoms with van der Waals surface area (Å²) in [6.45, 7) is 6.75. The first kappa shape index (κ1) is 44.4. The average Bonchev–Trinajstić information content (AvgIpc) is 3.12. The number of hydrogen-bond donors (Lipinski definition) is 1. The van der Waals surface area contributed by atoms with Crippen LogP contribution in [-0.2, 0) is 12.8 Å². The van der Waals surface area contributed by atoms with Crippen LogP contribution in [0.25, 0.3) is 11.1 Å². The van der Waals surface area contributed by atoms with Crippen molar-refractivity contribution in [2.75, 3.05) is 0 Å². The lowest BCUT2D eigenvalue weighted by atomic mass is 9.91. The third kappa shape index (κ3) is 22.2. The van der Waals surface area contributed by atoms with Gasteiger partial charge >= 0.3 is 0 Å². The molecule has 0 aliphatic heterocycles. The molecule has 1 heteroatoms. The fraction of sp³-hybridized carbons (Fsp3) is 0.755. The number of aromatic hydroxyl groups is 1. The number of rotatable bonds is 35. The minimum atomic E-state index is 0.588. The quantitative estimate of drug-likeness (QED) is 0.0715. The molecule has 2 aromatic rings. The molecular weight excluding hydrogens is 605 g/mol. The number of aryl methyl sites for hydroxylation is 2. The van der Waals surface area contributed by atoms with E-state index in [9.17, 15) is 5.11 Å². The van der Waals surface area contributed by atoms with Gasteiger partial charge in [0, 0.05) is 5.56 Å².